The van der Waals surface area contributed by atoms with Gasteiger partial charge in [-0.1, -0.05) is 63.2 Å². The highest BCUT2D eigenvalue weighted by atomic mass is 16.2. The van der Waals surface area contributed by atoms with E-state index in [9.17, 15) is 14.4 Å². The van der Waals surface area contributed by atoms with Gasteiger partial charge in [0.1, 0.15) is 0 Å². The van der Waals surface area contributed by atoms with E-state index >= 15 is 0 Å². The van der Waals surface area contributed by atoms with Crippen LogP contribution in [0.15, 0.2) is 72.8 Å². The minimum absolute atomic E-state index is 0.0347. The summed E-state index contributed by atoms with van der Waals surface area (Å²) in [6, 6.07) is 22.0. The number of carbonyl (C=O) groups is 3. The minimum Gasteiger partial charge on any atom is -0.336 e. The van der Waals surface area contributed by atoms with Crippen molar-refractivity contribution >= 4 is 29.1 Å². The molecule has 0 aromatic heterocycles. The molecule has 2 heterocycles. The zero-order valence-electron chi connectivity index (χ0n) is 22.2. The first-order valence-electron chi connectivity index (χ1n) is 13.2. The highest BCUT2D eigenvalue weighted by molar-refractivity contribution is 6.12. The molecule has 0 saturated carbocycles. The lowest BCUT2D eigenvalue weighted by molar-refractivity contribution is -0.116. The number of nitrogens with one attached hydrogen (secondary N) is 2. The topological polar surface area (TPSA) is 81.8 Å². The third-order valence-corrected chi connectivity index (χ3v) is 7.27. The molecule has 7 heteroatoms. The average molecular weight is 511 g/mol. The number of nitrogens with zero attached hydrogens (tertiary/aromatic N) is 2. The molecule has 0 bridgehead atoms. The molecule has 3 amide bonds. The first-order chi connectivity index (χ1) is 18.2. The second-order valence-electron chi connectivity index (χ2n) is 11.0. The third kappa shape index (κ3) is 5.20. The number of hydrogen-bond donors (Lipinski definition) is 2. The molecule has 196 valence electrons. The molecule has 2 N–H and O–H groups in total. The summed E-state index contributed by atoms with van der Waals surface area (Å²) in [5, 5.41) is 6.23. The van der Waals surface area contributed by atoms with Gasteiger partial charge in [0.2, 0.25) is 5.91 Å². The van der Waals surface area contributed by atoms with Crippen LogP contribution < -0.4 is 15.5 Å². The molecule has 1 saturated heterocycles. The van der Waals surface area contributed by atoms with Crippen LogP contribution in [0.4, 0.5) is 11.4 Å². The summed E-state index contributed by atoms with van der Waals surface area (Å²) in [5.41, 5.74) is 4.05. The van der Waals surface area contributed by atoms with E-state index in [1.807, 2.05) is 59.5 Å². The van der Waals surface area contributed by atoms with E-state index in [1.54, 1.807) is 23.1 Å². The summed E-state index contributed by atoms with van der Waals surface area (Å²) in [6.07, 6.45) is 0.103. The van der Waals surface area contributed by atoms with Gasteiger partial charge >= 0.3 is 0 Å². The van der Waals surface area contributed by atoms with Crippen molar-refractivity contribution in [3.8, 4) is 0 Å². The molecule has 1 unspecified atom stereocenters. The monoisotopic (exact) mass is 510 g/mol. The van der Waals surface area contributed by atoms with Crippen molar-refractivity contribution in [2.75, 3.05) is 36.4 Å². The maximum absolute atomic E-state index is 14.1. The first-order valence-corrected chi connectivity index (χ1v) is 13.2. The highest BCUT2D eigenvalue weighted by Crippen LogP contribution is 2.40. The predicted octanol–water partition coefficient (Wildman–Crippen LogP) is 4.76. The molecular weight excluding hydrogens is 476 g/mol. The van der Waals surface area contributed by atoms with Crippen molar-refractivity contribution in [2.24, 2.45) is 0 Å². The van der Waals surface area contributed by atoms with Crippen LogP contribution in [0.25, 0.3) is 0 Å². The van der Waals surface area contributed by atoms with Crippen LogP contribution >= 0.6 is 0 Å². The number of anilines is 2. The fourth-order valence-electron chi connectivity index (χ4n) is 5.11. The lowest BCUT2D eigenvalue weighted by Gasteiger charge is -2.31. The molecule has 2 aliphatic heterocycles. The Morgan fingerprint density at radius 2 is 1.50 bits per heavy atom. The second-order valence-corrected chi connectivity index (χ2v) is 11.0. The number of benzene rings is 3. The van der Waals surface area contributed by atoms with Crippen LogP contribution in [0.2, 0.25) is 0 Å². The van der Waals surface area contributed by atoms with Gasteiger partial charge in [-0.25, -0.2) is 0 Å². The summed E-state index contributed by atoms with van der Waals surface area (Å²) in [5.74, 6) is -0.480. The molecule has 1 fully saturated rings. The van der Waals surface area contributed by atoms with E-state index in [-0.39, 0.29) is 29.6 Å². The van der Waals surface area contributed by atoms with Gasteiger partial charge in [-0.15, -0.1) is 0 Å². The molecule has 5 rings (SSSR count). The van der Waals surface area contributed by atoms with Gasteiger partial charge in [-0.05, 0) is 46.9 Å². The Morgan fingerprint density at radius 1 is 0.842 bits per heavy atom. The zero-order chi connectivity index (χ0) is 26.9. The van der Waals surface area contributed by atoms with Gasteiger partial charge in [0.25, 0.3) is 11.8 Å². The lowest BCUT2D eigenvalue weighted by atomic mass is 9.86. The van der Waals surface area contributed by atoms with Crippen molar-refractivity contribution in [2.45, 2.75) is 38.6 Å². The largest absolute Gasteiger partial charge is 0.336 e. The number of fused-ring (bicyclic) bond motifs is 1. The van der Waals surface area contributed by atoms with E-state index in [4.69, 9.17) is 0 Å². The summed E-state index contributed by atoms with van der Waals surface area (Å²) in [4.78, 5) is 44.0. The first kappa shape index (κ1) is 25.7. The van der Waals surface area contributed by atoms with E-state index in [1.165, 1.54) is 0 Å². The van der Waals surface area contributed by atoms with Crippen LogP contribution in [0.3, 0.4) is 0 Å². The van der Waals surface area contributed by atoms with Crippen molar-refractivity contribution in [1.29, 1.82) is 0 Å². The molecule has 0 radical (unpaired) electrons. The summed E-state index contributed by atoms with van der Waals surface area (Å²) >= 11 is 0. The third-order valence-electron chi connectivity index (χ3n) is 7.27. The summed E-state index contributed by atoms with van der Waals surface area (Å²) in [6.45, 7) is 9.18. The van der Waals surface area contributed by atoms with Gasteiger partial charge in [-0.3, -0.25) is 19.3 Å². The van der Waals surface area contributed by atoms with Crippen LogP contribution in [0, 0.1) is 0 Å². The fraction of sp³-hybridized carbons (Fsp3) is 0.323. The van der Waals surface area contributed by atoms with Crippen molar-refractivity contribution in [1.82, 2.24) is 10.2 Å². The average Bonchev–Trinajstić information content (AvgIpc) is 3.08. The smallest absolute Gasteiger partial charge is 0.258 e. The normalized spacial score (nSPS) is 17.9. The van der Waals surface area contributed by atoms with Crippen molar-refractivity contribution in [3.05, 3.63) is 95.1 Å². The second kappa shape index (κ2) is 10.4. The van der Waals surface area contributed by atoms with Crippen molar-refractivity contribution in [3.63, 3.8) is 0 Å². The van der Waals surface area contributed by atoms with Gasteiger partial charge in [0.15, 0.2) is 0 Å². The Kier molecular flexibility index (Phi) is 7.04. The molecule has 7 nitrogen and oxygen atoms in total. The van der Waals surface area contributed by atoms with E-state index < -0.39 is 6.04 Å². The maximum atomic E-state index is 14.1. The SMILES string of the molecule is CC(C)(C)c1ccc(C(=O)N2c3ccc(C(=O)N4CCNCC4)cc3NC(=O)CC2c2ccccc2)cc1. The molecule has 3 aromatic rings. The van der Waals surface area contributed by atoms with Crippen LogP contribution in [-0.4, -0.2) is 48.8 Å². The van der Waals surface area contributed by atoms with Gasteiger partial charge in [0.05, 0.1) is 23.8 Å². The summed E-state index contributed by atoms with van der Waals surface area (Å²) < 4.78 is 0. The maximum Gasteiger partial charge on any atom is 0.258 e. The Bertz CT molecular complexity index is 1340. The molecule has 0 aliphatic carbocycles. The standard InChI is InChI=1S/C31H34N4O3/c1-31(2,3)24-12-9-22(10-13-24)30(38)35-26-14-11-23(29(37)34-17-15-32-16-18-34)19-25(26)33-28(36)20-27(35)21-7-5-4-6-8-21/h4-14,19,27,32H,15-18,20H2,1-3H3,(H,33,36). The molecule has 38 heavy (non-hydrogen) atoms. The van der Waals surface area contributed by atoms with Gasteiger partial charge in [-0.2, -0.15) is 0 Å². The zero-order valence-corrected chi connectivity index (χ0v) is 22.2. The minimum atomic E-state index is -0.498. The van der Waals surface area contributed by atoms with Crippen molar-refractivity contribution < 1.29 is 14.4 Å². The Morgan fingerprint density at radius 3 is 2.16 bits per heavy atom. The van der Waals surface area contributed by atoms with Gasteiger partial charge in [0, 0.05) is 37.3 Å². The Hall–Kier alpha value is -3.97. The highest BCUT2D eigenvalue weighted by Gasteiger charge is 2.35. The van der Waals surface area contributed by atoms with Crippen LogP contribution in [-0.2, 0) is 10.2 Å². The molecule has 0 spiro atoms. The Balaban J connectivity index is 1.58. The lowest BCUT2D eigenvalue weighted by Crippen LogP contribution is -2.46. The number of rotatable bonds is 3. The Labute approximate surface area is 223 Å². The molecule has 3 aromatic carbocycles. The van der Waals surface area contributed by atoms with E-state index in [0.29, 0.717) is 35.6 Å². The fourth-order valence-corrected chi connectivity index (χ4v) is 5.11. The number of carbonyl (C=O) groups excluding carboxylic acids is 3. The predicted molar refractivity (Wildman–Crippen MR) is 150 cm³/mol. The van der Waals surface area contributed by atoms with E-state index in [2.05, 4.69) is 31.4 Å². The van der Waals surface area contributed by atoms with Crippen LogP contribution in [0.1, 0.15) is 65.1 Å². The molecular formula is C31H34N4O3. The number of hydrogen-bond acceptors (Lipinski definition) is 4. The molecule has 1 atom stereocenters. The number of amides is 3. The van der Waals surface area contributed by atoms with Crippen LogP contribution in [0.5, 0.6) is 0 Å². The number of piperazine rings is 1. The molecule has 2 aliphatic rings. The quantitative estimate of drug-likeness (QED) is 0.532. The van der Waals surface area contributed by atoms with E-state index in [0.717, 1.165) is 24.2 Å². The van der Waals surface area contributed by atoms with Gasteiger partial charge < -0.3 is 15.5 Å². The summed E-state index contributed by atoms with van der Waals surface area (Å²) in [7, 11) is 0.